The molecule has 1 atom stereocenters. The molecule has 3 aliphatic rings. The normalized spacial score (nSPS) is 22.3. The molecule has 3 saturated heterocycles. The van der Waals surface area contributed by atoms with Crippen molar-refractivity contribution in [2.24, 2.45) is 16.7 Å². The highest BCUT2D eigenvalue weighted by Crippen LogP contribution is 2.37. The van der Waals surface area contributed by atoms with Crippen molar-refractivity contribution in [2.45, 2.75) is 118 Å². The summed E-state index contributed by atoms with van der Waals surface area (Å²) in [6.07, 6.45) is 14.4. The van der Waals surface area contributed by atoms with E-state index in [2.05, 4.69) is 44.8 Å². The molecule has 2 amide bonds. The van der Waals surface area contributed by atoms with Crippen molar-refractivity contribution in [3.05, 3.63) is 0 Å². The number of fused-ring (bicyclic) bond motifs is 1. The van der Waals surface area contributed by atoms with Gasteiger partial charge in [-0.05, 0) is 62.4 Å². The van der Waals surface area contributed by atoms with Crippen LogP contribution in [0, 0.1) is 16.7 Å². The van der Waals surface area contributed by atoms with Crippen LogP contribution in [-0.4, -0.2) is 35.8 Å². The number of nitrogens with one attached hydrogen (secondary N) is 1. The molecule has 0 aromatic heterocycles. The monoisotopic (exact) mass is 406 g/mol. The van der Waals surface area contributed by atoms with Crippen molar-refractivity contribution in [3.63, 3.8) is 0 Å². The van der Waals surface area contributed by atoms with Crippen LogP contribution in [0.4, 0.5) is 0 Å². The zero-order valence-electron chi connectivity index (χ0n) is 19.8. The second-order valence-corrected chi connectivity index (χ2v) is 11.3. The lowest BCUT2D eigenvalue weighted by molar-refractivity contribution is -0.126. The van der Waals surface area contributed by atoms with Crippen molar-refractivity contribution >= 4 is 11.8 Å². The summed E-state index contributed by atoms with van der Waals surface area (Å²) >= 11 is 0. The lowest BCUT2D eigenvalue weighted by Gasteiger charge is -2.50. The third-order valence-electron chi connectivity index (χ3n) is 7.29. The van der Waals surface area contributed by atoms with Crippen LogP contribution in [0.1, 0.15) is 112 Å². The highest BCUT2D eigenvalue weighted by molar-refractivity contribution is 6.03. The lowest BCUT2D eigenvalue weighted by atomic mass is 9.75. The minimum atomic E-state index is -0.112. The minimum Gasteiger partial charge on any atom is -0.300 e. The quantitative estimate of drug-likeness (QED) is 0.354. The van der Waals surface area contributed by atoms with E-state index in [0.29, 0.717) is 11.8 Å². The summed E-state index contributed by atoms with van der Waals surface area (Å²) in [4.78, 5) is 25.6. The van der Waals surface area contributed by atoms with Crippen LogP contribution >= 0.6 is 0 Å². The van der Waals surface area contributed by atoms with Crippen LogP contribution < -0.4 is 5.32 Å². The van der Waals surface area contributed by atoms with Gasteiger partial charge in [-0.25, -0.2) is 0 Å². The molecule has 4 nitrogen and oxygen atoms in total. The summed E-state index contributed by atoms with van der Waals surface area (Å²) < 4.78 is 0. The van der Waals surface area contributed by atoms with Crippen LogP contribution in [0.15, 0.2) is 0 Å². The second-order valence-electron chi connectivity index (χ2n) is 11.3. The predicted octanol–water partition coefficient (Wildman–Crippen LogP) is 5.70. The summed E-state index contributed by atoms with van der Waals surface area (Å²) in [6, 6.07) is 1.05. The van der Waals surface area contributed by atoms with E-state index in [9.17, 15) is 9.59 Å². The molecule has 3 heterocycles. The van der Waals surface area contributed by atoms with Crippen molar-refractivity contribution in [1.29, 1.82) is 0 Å². The Hall–Kier alpha value is -0.900. The zero-order chi connectivity index (χ0) is 21.5. The number of hydrogen-bond acceptors (Lipinski definition) is 3. The molecular weight excluding hydrogens is 360 g/mol. The Bertz CT molecular complexity index is 523. The molecule has 29 heavy (non-hydrogen) atoms. The highest BCUT2D eigenvalue weighted by Gasteiger charge is 2.35. The second kappa shape index (κ2) is 10.9. The van der Waals surface area contributed by atoms with Crippen LogP contribution in [0.2, 0.25) is 0 Å². The molecule has 1 N–H and O–H groups in total. The third-order valence-corrected chi connectivity index (χ3v) is 7.29. The first-order valence-corrected chi connectivity index (χ1v) is 12.2. The van der Waals surface area contributed by atoms with E-state index in [4.69, 9.17) is 0 Å². The first-order valence-electron chi connectivity index (χ1n) is 12.2. The lowest BCUT2D eigenvalue weighted by Crippen LogP contribution is -2.57. The van der Waals surface area contributed by atoms with Crippen LogP contribution in [0.25, 0.3) is 0 Å². The summed E-state index contributed by atoms with van der Waals surface area (Å²) in [7, 11) is 0. The van der Waals surface area contributed by atoms with Gasteiger partial charge in [0.2, 0.25) is 11.8 Å². The Morgan fingerprint density at radius 3 is 1.93 bits per heavy atom. The maximum atomic E-state index is 11.7. The van der Waals surface area contributed by atoms with Gasteiger partial charge in [-0.2, -0.15) is 0 Å². The first kappa shape index (κ1) is 24.4. The van der Waals surface area contributed by atoms with Gasteiger partial charge in [0.15, 0.2) is 0 Å². The molecule has 0 aromatic carbocycles. The fourth-order valence-corrected chi connectivity index (χ4v) is 4.99. The molecule has 3 fully saturated rings. The Kier molecular flexibility index (Phi) is 9.18. The number of rotatable bonds is 11. The molecule has 168 valence electrons. The fourth-order valence-electron chi connectivity index (χ4n) is 4.99. The van der Waals surface area contributed by atoms with Crippen molar-refractivity contribution in [2.75, 3.05) is 13.1 Å². The molecule has 4 heteroatoms. The number of imide groups is 1. The molecular formula is C25H46N2O2. The molecule has 1 unspecified atom stereocenters. The van der Waals surface area contributed by atoms with Gasteiger partial charge in [0.1, 0.15) is 0 Å². The topological polar surface area (TPSA) is 49.4 Å². The Labute approximate surface area is 179 Å². The number of carbonyl (C=O) groups is 2. The largest absolute Gasteiger partial charge is 0.300 e. The standard InChI is InChI=1S/C20H37NO2.C5H9N/c1-6-7-8-9-11-19(2,3)12-10-13-20(4,5)15-16-14-17(22)21-18(16)23;1-3-6-4-2-5(1)6/h16H,6-15H2,1-5H3,(H,21,22,23);5H,1-4H2. The molecule has 0 radical (unpaired) electrons. The third kappa shape index (κ3) is 8.39. The van der Waals surface area contributed by atoms with E-state index >= 15 is 0 Å². The zero-order valence-corrected chi connectivity index (χ0v) is 19.8. The van der Waals surface area contributed by atoms with E-state index in [-0.39, 0.29) is 23.1 Å². The van der Waals surface area contributed by atoms with Gasteiger partial charge < -0.3 is 4.90 Å². The number of hydrogen-bond donors (Lipinski definition) is 1. The Morgan fingerprint density at radius 2 is 1.48 bits per heavy atom. The maximum Gasteiger partial charge on any atom is 0.230 e. The number of carbonyl (C=O) groups excluding carboxylic acids is 2. The number of amides is 2. The molecule has 0 bridgehead atoms. The van der Waals surface area contributed by atoms with Gasteiger partial charge in [0.05, 0.1) is 0 Å². The Balaban J connectivity index is 0.000000414. The van der Waals surface area contributed by atoms with Crippen LogP contribution in [-0.2, 0) is 9.59 Å². The summed E-state index contributed by atoms with van der Waals surface area (Å²) in [6.45, 7) is 14.3. The molecule has 0 aromatic rings. The average Bonchev–Trinajstić information content (AvgIpc) is 2.91. The van der Waals surface area contributed by atoms with Gasteiger partial charge >= 0.3 is 0 Å². The SMILES string of the molecule is C1CN2CCC12.CCCCCCC(C)(C)CCCC(C)(C)CC1CC(=O)NC1=O. The minimum absolute atomic E-state index is 0.0701. The van der Waals surface area contributed by atoms with E-state index in [1.807, 2.05) is 0 Å². The van der Waals surface area contributed by atoms with Gasteiger partial charge in [-0.3, -0.25) is 14.9 Å². The van der Waals surface area contributed by atoms with Crippen molar-refractivity contribution in [3.8, 4) is 0 Å². The summed E-state index contributed by atoms with van der Waals surface area (Å²) in [5, 5.41) is 2.43. The van der Waals surface area contributed by atoms with Crippen molar-refractivity contribution < 1.29 is 9.59 Å². The predicted molar refractivity (Wildman–Crippen MR) is 121 cm³/mol. The average molecular weight is 407 g/mol. The molecule has 0 spiro atoms. The molecule has 0 saturated carbocycles. The summed E-state index contributed by atoms with van der Waals surface area (Å²) in [5.41, 5.74) is 0.551. The van der Waals surface area contributed by atoms with E-state index in [1.165, 1.54) is 70.9 Å². The number of nitrogens with zero attached hydrogens (tertiary/aromatic N) is 1. The van der Waals surface area contributed by atoms with Gasteiger partial charge in [0.25, 0.3) is 0 Å². The highest BCUT2D eigenvalue weighted by atomic mass is 16.2. The van der Waals surface area contributed by atoms with Gasteiger partial charge in [0, 0.05) is 18.4 Å². The smallest absolute Gasteiger partial charge is 0.230 e. The van der Waals surface area contributed by atoms with E-state index in [1.54, 1.807) is 0 Å². The van der Waals surface area contributed by atoms with Crippen molar-refractivity contribution in [1.82, 2.24) is 10.2 Å². The van der Waals surface area contributed by atoms with Crippen LogP contribution in [0.3, 0.4) is 0 Å². The Morgan fingerprint density at radius 1 is 0.897 bits per heavy atom. The number of piperidine rings is 1. The first-order chi connectivity index (χ1) is 13.6. The fraction of sp³-hybridized carbons (Fsp3) is 0.920. The van der Waals surface area contributed by atoms with Crippen LogP contribution in [0.5, 0.6) is 0 Å². The van der Waals surface area contributed by atoms with Gasteiger partial charge in [-0.15, -0.1) is 0 Å². The molecule has 0 aliphatic carbocycles. The van der Waals surface area contributed by atoms with E-state index in [0.717, 1.165) is 18.9 Å². The number of unbranched alkanes of at least 4 members (excludes halogenated alkanes) is 3. The molecule has 3 aliphatic heterocycles. The molecule has 3 rings (SSSR count). The van der Waals surface area contributed by atoms with Gasteiger partial charge in [-0.1, -0.05) is 66.7 Å². The maximum absolute atomic E-state index is 11.7. The summed E-state index contributed by atoms with van der Waals surface area (Å²) in [5.74, 6) is -0.289. The van der Waals surface area contributed by atoms with E-state index < -0.39 is 0 Å².